The van der Waals surface area contributed by atoms with Gasteiger partial charge >= 0.3 is 11.9 Å². The SMILES string of the molecule is COC(=O)C1=C(C(=O)OC)C2(C(=O)c3cccc4cccc2c34)N(c2ccc(C)cc2)C2=C1C(=O)CC(C)(C)C2. The molecule has 7 heteroatoms. The highest BCUT2D eigenvalue weighted by atomic mass is 16.5. The third-order valence-electron chi connectivity index (χ3n) is 8.26. The maximum Gasteiger partial charge on any atom is 0.339 e. The number of aryl methyl sites for hydroxylation is 1. The van der Waals surface area contributed by atoms with Crippen LogP contribution >= 0.6 is 0 Å². The minimum atomic E-state index is -1.80. The largest absolute Gasteiger partial charge is 0.466 e. The topological polar surface area (TPSA) is 90.0 Å². The van der Waals surface area contributed by atoms with Crippen LogP contribution in [0.3, 0.4) is 0 Å². The predicted molar refractivity (Wildman–Crippen MR) is 150 cm³/mol. The Morgan fingerprint density at radius 2 is 1.50 bits per heavy atom. The van der Waals surface area contributed by atoms with E-state index in [4.69, 9.17) is 9.47 Å². The van der Waals surface area contributed by atoms with Crippen LogP contribution in [0.15, 0.2) is 83.1 Å². The molecule has 0 N–H and O–H groups in total. The molecule has 6 rings (SSSR count). The van der Waals surface area contributed by atoms with Gasteiger partial charge in [0.15, 0.2) is 17.1 Å². The van der Waals surface area contributed by atoms with E-state index in [0.717, 1.165) is 10.9 Å². The molecule has 0 saturated heterocycles. The van der Waals surface area contributed by atoms with Gasteiger partial charge < -0.3 is 14.4 Å². The molecule has 3 aliphatic rings. The van der Waals surface area contributed by atoms with Crippen LogP contribution in [0, 0.1) is 12.3 Å². The lowest BCUT2D eigenvalue weighted by molar-refractivity contribution is -0.140. The van der Waals surface area contributed by atoms with Crippen molar-refractivity contribution in [3.63, 3.8) is 0 Å². The monoisotopic (exact) mass is 535 g/mol. The van der Waals surface area contributed by atoms with Crippen LogP contribution in [0.2, 0.25) is 0 Å². The van der Waals surface area contributed by atoms with E-state index >= 15 is 0 Å². The highest BCUT2D eigenvalue weighted by Gasteiger charge is 2.63. The van der Waals surface area contributed by atoms with Crippen molar-refractivity contribution < 1.29 is 28.7 Å². The number of carbonyl (C=O) groups excluding carboxylic acids is 4. The van der Waals surface area contributed by atoms with Gasteiger partial charge in [0.1, 0.15) is 0 Å². The highest BCUT2D eigenvalue weighted by Crippen LogP contribution is 2.58. The normalized spacial score (nSPS) is 21.3. The van der Waals surface area contributed by atoms with Gasteiger partial charge in [0.2, 0.25) is 0 Å². The molecule has 0 radical (unpaired) electrons. The molecule has 0 fully saturated rings. The number of hydrogen-bond acceptors (Lipinski definition) is 7. The minimum absolute atomic E-state index is 0.105. The van der Waals surface area contributed by atoms with Crippen molar-refractivity contribution in [2.24, 2.45) is 5.41 Å². The summed E-state index contributed by atoms with van der Waals surface area (Å²) in [4.78, 5) is 58.2. The van der Waals surface area contributed by atoms with Crippen LogP contribution in [0.5, 0.6) is 0 Å². The lowest BCUT2D eigenvalue weighted by Gasteiger charge is -2.51. The summed E-state index contributed by atoms with van der Waals surface area (Å²) in [5.41, 5.74) is 0.542. The van der Waals surface area contributed by atoms with Crippen LogP contribution in [0.1, 0.15) is 48.2 Å². The molecule has 3 aromatic carbocycles. The number of benzene rings is 3. The van der Waals surface area contributed by atoms with Crippen molar-refractivity contribution in [3.8, 4) is 0 Å². The van der Waals surface area contributed by atoms with Gasteiger partial charge in [-0.3, -0.25) is 9.59 Å². The summed E-state index contributed by atoms with van der Waals surface area (Å²) in [6, 6.07) is 18.6. The van der Waals surface area contributed by atoms with E-state index in [9.17, 15) is 19.2 Å². The molecular formula is C33H29NO6. The second-order valence-corrected chi connectivity index (χ2v) is 11.4. The summed E-state index contributed by atoms with van der Waals surface area (Å²) in [5, 5.41) is 1.52. The Hall–Kier alpha value is -4.52. The van der Waals surface area contributed by atoms with Crippen molar-refractivity contribution >= 4 is 40.0 Å². The maximum absolute atomic E-state index is 15.0. The first kappa shape index (κ1) is 25.7. The fourth-order valence-electron chi connectivity index (χ4n) is 6.70. The summed E-state index contributed by atoms with van der Waals surface area (Å²) in [6.45, 7) is 5.93. The average molecular weight is 536 g/mol. The van der Waals surface area contributed by atoms with Crippen LogP contribution < -0.4 is 4.90 Å². The van der Waals surface area contributed by atoms with Gasteiger partial charge in [-0.25, -0.2) is 9.59 Å². The molecule has 1 aliphatic heterocycles. The number of esters is 2. The van der Waals surface area contributed by atoms with Gasteiger partial charge in [-0.05, 0) is 47.2 Å². The Labute approximate surface area is 232 Å². The lowest BCUT2D eigenvalue weighted by atomic mass is 9.66. The standard InChI is InChI=1S/C33H29NO6/c1-18-12-14-20(15-13-18)34-23-16-32(2,3)17-24(35)26(23)27(30(37)39-4)28(31(38)40-5)33(34)22-11-7-9-19-8-6-10-21(25(19)22)29(33)36/h6-15H,16-17H2,1-5H3. The van der Waals surface area contributed by atoms with Crippen molar-refractivity contribution in [2.45, 2.75) is 39.2 Å². The molecule has 202 valence electrons. The molecule has 40 heavy (non-hydrogen) atoms. The molecule has 0 amide bonds. The lowest BCUT2D eigenvalue weighted by Crippen LogP contribution is -2.58. The summed E-state index contributed by atoms with van der Waals surface area (Å²) < 4.78 is 10.5. The van der Waals surface area contributed by atoms with Gasteiger partial charge in [0.05, 0.1) is 30.9 Å². The number of allylic oxidation sites excluding steroid dienone is 1. The molecule has 1 heterocycles. The Morgan fingerprint density at radius 1 is 0.850 bits per heavy atom. The Kier molecular flexibility index (Phi) is 5.63. The molecule has 7 nitrogen and oxygen atoms in total. The number of ketones is 2. The second-order valence-electron chi connectivity index (χ2n) is 11.4. The van der Waals surface area contributed by atoms with Gasteiger partial charge in [-0.2, -0.15) is 0 Å². The maximum atomic E-state index is 15.0. The fourth-order valence-corrected chi connectivity index (χ4v) is 6.70. The quantitative estimate of drug-likeness (QED) is 0.418. The van der Waals surface area contributed by atoms with Crippen molar-refractivity contribution in [2.75, 3.05) is 19.1 Å². The van der Waals surface area contributed by atoms with Gasteiger partial charge in [-0.15, -0.1) is 0 Å². The van der Waals surface area contributed by atoms with Crippen molar-refractivity contribution in [1.29, 1.82) is 0 Å². The minimum Gasteiger partial charge on any atom is -0.466 e. The molecule has 1 spiro atoms. The molecule has 0 aromatic heterocycles. The summed E-state index contributed by atoms with van der Waals surface area (Å²) in [5.74, 6) is -2.40. The van der Waals surface area contributed by atoms with E-state index in [2.05, 4.69) is 0 Å². The van der Waals surface area contributed by atoms with Crippen molar-refractivity contribution in [1.82, 2.24) is 0 Å². The molecule has 2 aliphatic carbocycles. The fraction of sp³-hybridized carbons (Fsp3) is 0.273. The summed E-state index contributed by atoms with van der Waals surface area (Å²) in [6.07, 6.45) is 0.553. The molecule has 1 atom stereocenters. The van der Waals surface area contributed by atoms with E-state index in [0.29, 0.717) is 34.3 Å². The van der Waals surface area contributed by atoms with Gasteiger partial charge in [-0.1, -0.05) is 67.9 Å². The summed E-state index contributed by atoms with van der Waals surface area (Å²) in [7, 11) is 2.41. The average Bonchev–Trinajstić information content (AvgIpc) is 3.17. The molecule has 3 aromatic rings. The summed E-state index contributed by atoms with van der Waals surface area (Å²) >= 11 is 0. The number of ether oxygens (including phenoxy) is 2. The Bertz CT molecular complexity index is 1720. The number of Topliss-reactive ketones (excluding diaryl/α,β-unsaturated/α-hetero) is 2. The number of methoxy groups -OCH3 is 2. The highest BCUT2D eigenvalue weighted by molar-refractivity contribution is 6.29. The van der Waals surface area contributed by atoms with Crippen LogP contribution in [-0.2, 0) is 29.4 Å². The molecule has 0 saturated carbocycles. The van der Waals surface area contributed by atoms with Crippen LogP contribution in [-0.4, -0.2) is 37.7 Å². The number of hydrogen-bond donors (Lipinski definition) is 0. The predicted octanol–water partition coefficient (Wildman–Crippen LogP) is 5.35. The number of carbonyl (C=O) groups is 4. The van der Waals surface area contributed by atoms with Crippen molar-refractivity contribution in [3.05, 3.63) is 99.8 Å². The smallest absolute Gasteiger partial charge is 0.339 e. The van der Waals surface area contributed by atoms with E-state index in [1.165, 1.54) is 14.2 Å². The Morgan fingerprint density at radius 3 is 2.15 bits per heavy atom. The zero-order valence-electron chi connectivity index (χ0n) is 23.1. The number of rotatable bonds is 3. The number of anilines is 1. The van der Waals surface area contributed by atoms with Gasteiger partial charge in [0, 0.05) is 23.4 Å². The zero-order chi connectivity index (χ0) is 28.6. The third kappa shape index (κ3) is 3.30. The third-order valence-corrected chi connectivity index (χ3v) is 8.26. The molecule has 0 bridgehead atoms. The van der Waals surface area contributed by atoms with Crippen LogP contribution in [0.4, 0.5) is 5.69 Å². The van der Waals surface area contributed by atoms with E-state index in [1.54, 1.807) is 12.1 Å². The van der Waals surface area contributed by atoms with Gasteiger partial charge in [0.25, 0.3) is 0 Å². The Balaban J connectivity index is 1.86. The molecular weight excluding hydrogens is 506 g/mol. The van der Waals surface area contributed by atoms with E-state index in [-0.39, 0.29) is 34.7 Å². The zero-order valence-corrected chi connectivity index (χ0v) is 23.1. The first-order valence-corrected chi connectivity index (χ1v) is 13.2. The molecule has 1 unspecified atom stereocenters. The first-order valence-electron chi connectivity index (χ1n) is 13.2. The first-order chi connectivity index (χ1) is 19.1. The van der Waals surface area contributed by atoms with Crippen LogP contribution in [0.25, 0.3) is 10.8 Å². The number of nitrogens with zero attached hydrogens (tertiary/aromatic N) is 1. The van der Waals surface area contributed by atoms with E-state index in [1.807, 2.05) is 74.2 Å². The second kappa shape index (κ2) is 8.74. The van der Waals surface area contributed by atoms with E-state index < -0.39 is 22.9 Å². The number of fused-ring (bicyclic) bond motifs is 1.